The lowest BCUT2D eigenvalue weighted by Crippen LogP contribution is -2.31. The molecule has 0 spiro atoms. The van der Waals surface area contributed by atoms with Gasteiger partial charge in [0.25, 0.3) is 5.91 Å². The summed E-state index contributed by atoms with van der Waals surface area (Å²) < 4.78 is 10.9. The summed E-state index contributed by atoms with van der Waals surface area (Å²) in [5, 5.41) is 2.81. The highest BCUT2D eigenvalue weighted by molar-refractivity contribution is 5.98. The Balaban J connectivity index is 1.60. The molecule has 2 aromatic rings. The van der Waals surface area contributed by atoms with Crippen molar-refractivity contribution in [1.29, 1.82) is 0 Å². The van der Waals surface area contributed by atoms with Crippen LogP contribution in [0.4, 0.5) is 10.5 Å². The molecule has 1 unspecified atom stereocenters. The first-order valence-electron chi connectivity index (χ1n) is 10.2. The smallest absolute Gasteiger partial charge is 0.322 e. The van der Waals surface area contributed by atoms with E-state index in [-0.39, 0.29) is 18.0 Å². The molecular formula is C23H27N3O4. The molecule has 2 fully saturated rings. The number of amides is 3. The molecule has 0 aromatic heterocycles. The molecule has 7 nitrogen and oxygen atoms in total. The van der Waals surface area contributed by atoms with Crippen molar-refractivity contribution in [2.45, 2.75) is 25.8 Å². The molecule has 0 radical (unpaired) electrons. The van der Waals surface area contributed by atoms with E-state index in [0.717, 1.165) is 41.2 Å². The standard InChI is InChI=1S/C23H27N3O4/c1-15-13-16(6-9-19(15)26-12-10-24-23(26)28)22(27)25-11-4-5-20(25)18-8-7-17(29-2)14-21(18)30-3/h6-9,13-14,20H,4-5,10-12H2,1-3H3,(H,24,28). The molecule has 30 heavy (non-hydrogen) atoms. The summed E-state index contributed by atoms with van der Waals surface area (Å²) in [6.07, 6.45) is 1.83. The van der Waals surface area contributed by atoms with E-state index in [4.69, 9.17) is 9.47 Å². The summed E-state index contributed by atoms with van der Waals surface area (Å²) in [5.74, 6) is 1.45. The van der Waals surface area contributed by atoms with Crippen LogP contribution in [0, 0.1) is 6.92 Å². The molecule has 0 aliphatic carbocycles. The largest absolute Gasteiger partial charge is 0.497 e. The summed E-state index contributed by atoms with van der Waals surface area (Å²) >= 11 is 0. The molecule has 2 saturated heterocycles. The van der Waals surface area contributed by atoms with Crippen LogP contribution in [0.15, 0.2) is 36.4 Å². The summed E-state index contributed by atoms with van der Waals surface area (Å²) in [5.41, 5.74) is 3.38. The van der Waals surface area contributed by atoms with Crippen LogP contribution in [0.1, 0.15) is 40.4 Å². The number of rotatable bonds is 5. The van der Waals surface area contributed by atoms with Gasteiger partial charge in [0.15, 0.2) is 0 Å². The van der Waals surface area contributed by atoms with E-state index < -0.39 is 0 Å². The highest BCUT2D eigenvalue weighted by Gasteiger charge is 2.33. The van der Waals surface area contributed by atoms with Crippen LogP contribution in [-0.2, 0) is 0 Å². The first-order chi connectivity index (χ1) is 14.5. The Morgan fingerprint density at radius 2 is 1.93 bits per heavy atom. The number of carbonyl (C=O) groups is 2. The first kappa shape index (κ1) is 20.1. The van der Waals surface area contributed by atoms with Crippen molar-refractivity contribution in [1.82, 2.24) is 10.2 Å². The Morgan fingerprint density at radius 3 is 2.60 bits per heavy atom. The number of nitrogens with zero attached hydrogens (tertiary/aromatic N) is 2. The normalized spacial score (nSPS) is 18.5. The Hall–Kier alpha value is -3.22. The third kappa shape index (κ3) is 3.56. The Morgan fingerprint density at radius 1 is 1.10 bits per heavy atom. The van der Waals surface area contributed by atoms with Gasteiger partial charge in [0.05, 0.1) is 20.3 Å². The molecule has 2 aliphatic heterocycles. The zero-order valence-corrected chi connectivity index (χ0v) is 17.6. The van der Waals surface area contributed by atoms with E-state index in [1.165, 1.54) is 0 Å². The second-order valence-corrected chi connectivity index (χ2v) is 7.65. The van der Waals surface area contributed by atoms with E-state index in [9.17, 15) is 9.59 Å². The Labute approximate surface area is 176 Å². The molecular weight excluding hydrogens is 382 g/mol. The minimum Gasteiger partial charge on any atom is -0.497 e. The van der Waals surface area contributed by atoms with Crippen LogP contribution in [-0.4, -0.2) is 50.7 Å². The van der Waals surface area contributed by atoms with Gasteiger partial charge in [0.1, 0.15) is 11.5 Å². The predicted octanol–water partition coefficient (Wildman–Crippen LogP) is 3.52. The highest BCUT2D eigenvalue weighted by atomic mass is 16.5. The van der Waals surface area contributed by atoms with E-state index in [1.54, 1.807) is 19.1 Å². The van der Waals surface area contributed by atoms with Gasteiger partial charge in [0, 0.05) is 42.5 Å². The fraction of sp³-hybridized carbons (Fsp3) is 0.391. The number of aryl methyl sites for hydroxylation is 1. The number of urea groups is 1. The van der Waals surface area contributed by atoms with Crippen molar-refractivity contribution in [3.63, 3.8) is 0 Å². The number of hydrogen-bond acceptors (Lipinski definition) is 4. The lowest BCUT2D eigenvalue weighted by molar-refractivity contribution is 0.0734. The van der Waals surface area contributed by atoms with Crippen molar-refractivity contribution in [2.24, 2.45) is 0 Å². The van der Waals surface area contributed by atoms with Crippen LogP contribution in [0.25, 0.3) is 0 Å². The maximum Gasteiger partial charge on any atom is 0.322 e. The van der Waals surface area contributed by atoms with Gasteiger partial charge in [-0.05, 0) is 55.7 Å². The quantitative estimate of drug-likeness (QED) is 0.820. The van der Waals surface area contributed by atoms with Crippen molar-refractivity contribution >= 4 is 17.6 Å². The van der Waals surface area contributed by atoms with Gasteiger partial charge < -0.3 is 19.7 Å². The number of ether oxygens (including phenoxy) is 2. The molecule has 1 N–H and O–H groups in total. The van der Waals surface area contributed by atoms with Crippen LogP contribution < -0.4 is 19.7 Å². The van der Waals surface area contributed by atoms with Crippen molar-refractivity contribution in [3.8, 4) is 11.5 Å². The summed E-state index contributed by atoms with van der Waals surface area (Å²) in [6.45, 7) is 3.91. The van der Waals surface area contributed by atoms with Crippen molar-refractivity contribution in [2.75, 3.05) is 38.8 Å². The van der Waals surface area contributed by atoms with Gasteiger partial charge in [0.2, 0.25) is 0 Å². The van der Waals surface area contributed by atoms with E-state index in [0.29, 0.717) is 25.2 Å². The zero-order valence-electron chi connectivity index (χ0n) is 17.6. The summed E-state index contributed by atoms with van der Waals surface area (Å²) in [4.78, 5) is 29.0. The molecule has 158 valence electrons. The van der Waals surface area contributed by atoms with Gasteiger partial charge in [-0.3, -0.25) is 9.69 Å². The molecule has 4 rings (SSSR count). The summed E-state index contributed by atoms with van der Waals surface area (Å²) in [7, 11) is 3.26. The average Bonchev–Trinajstić information content (AvgIpc) is 3.41. The number of hydrogen-bond donors (Lipinski definition) is 1. The number of likely N-dealkylation sites (tertiary alicyclic amines) is 1. The van der Waals surface area contributed by atoms with Gasteiger partial charge in [-0.15, -0.1) is 0 Å². The number of benzene rings is 2. The molecule has 2 aromatic carbocycles. The number of nitrogens with one attached hydrogen (secondary N) is 1. The second-order valence-electron chi connectivity index (χ2n) is 7.65. The molecule has 0 bridgehead atoms. The number of carbonyl (C=O) groups excluding carboxylic acids is 2. The van der Waals surface area contributed by atoms with E-state index in [2.05, 4.69) is 5.32 Å². The van der Waals surface area contributed by atoms with E-state index in [1.807, 2.05) is 48.2 Å². The maximum absolute atomic E-state index is 13.4. The molecule has 7 heteroatoms. The van der Waals surface area contributed by atoms with Gasteiger partial charge in [-0.2, -0.15) is 0 Å². The topological polar surface area (TPSA) is 71.1 Å². The number of anilines is 1. The Bertz CT molecular complexity index is 975. The predicted molar refractivity (Wildman–Crippen MR) is 114 cm³/mol. The second kappa shape index (κ2) is 8.26. The fourth-order valence-electron chi connectivity index (χ4n) is 4.39. The summed E-state index contributed by atoms with van der Waals surface area (Å²) in [6, 6.07) is 11.2. The van der Waals surface area contributed by atoms with Crippen LogP contribution in [0.5, 0.6) is 11.5 Å². The van der Waals surface area contributed by atoms with Gasteiger partial charge in [-0.25, -0.2) is 4.79 Å². The lowest BCUT2D eigenvalue weighted by Gasteiger charge is -2.27. The minimum atomic E-state index is -0.0941. The first-order valence-corrected chi connectivity index (χ1v) is 10.2. The highest BCUT2D eigenvalue weighted by Crippen LogP contribution is 2.39. The molecule has 2 aliphatic rings. The lowest BCUT2D eigenvalue weighted by atomic mass is 10.0. The average molecular weight is 409 g/mol. The van der Waals surface area contributed by atoms with Gasteiger partial charge in [-0.1, -0.05) is 0 Å². The van der Waals surface area contributed by atoms with Crippen LogP contribution in [0.3, 0.4) is 0 Å². The van der Waals surface area contributed by atoms with Gasteiger partial charge >= 0.3 is 6.03 Å². The third-order valence-corrected chi connectivity index (χ3v) is 5.90. The van der Waals surface area contributed by atoms with Crippen molar-refractivity contribution in [3.05, 3.63) is 53.1 Å². The Kier molecular flexibility index (Phi) is 5.53. The van der Waals surface area contributed by atoms with E-state index >= 15 is 0 Å². The third-order valence-electron chi connectivity index (χ3n) is 5.90. The molecule has 2 heterocycles. The maximum atomic E-state index is 13.4. The fourth-order valence-corrected chi connectivity index (χ4v) is 4.39. The molecule has 0 saturated carbocycles. The van der Waals surface area contributed by atoms with Crippen molar-refractivity contribution < 1.29 is 19.1 Å². The minimum absolute atomic E-state index is 0.00380. The van der Waals surface area contributed by atoms with Crippen LogP contribution in [0.2, 0.25) is 0 Å². The van der Waals surface area contributed by atoms with Crippen LogP contribution >= 0.6 is 0 Å². The zero-order chi connectivity index (χ0) is 21.3. The SMILES string of the molecule is COc1ccc(C2CCCN2C(=O)c2ccc(N3CCNC3=O)c(C)c2)c(OC)c1. The molecule has 1 atom stereocenters. The number of methoxy groups -OCH3 is 2. The monoisotopic (exact) mass is 409 g/mol. The molecule has 3 amide bonds.